The molecule has 0 unspecified atom stereocenters. The highest BCUT2D eigenvalue weighted by molar-refractivity contribution is 6.11. The summed E-state index contributed by atoms with van der Waals surface area (Å²) in [5.41, 5.74) is 6.51. The lowest BCUT2D eigenvalue weighted by molar-refractivity contribution is -0.139. The molecule has 7 nitrogen and oxygen atoms in total. The third-order valence-electron chi connectivity index (χ3n) is 5.55. The number of benzene rings is 2. The average molecular weight is 484 g/mol. The summed E-state index contributed by atoms with van der Waals surface area (Å²) < 4.78 is 28.5. The molecule has 0 aliphatic heterocycles. The molecule has 0 aliphatic carbocycles. The van der Waals surface area contributed by atoms with Crippen LogP contribution < -0.4 is 16.6 Å². The number of halogens is 2. The van der Waals surface area contributed by atoms with Crippen LogP contribution in [0, 0.1) is 17.6 Å². The maximum Gasteiger partial charge on any atom is 0.320 e. The molecule has 0 amide bonds. The Kier molecular flexibility index (Phi) is 8.14. The lowest BCUT2D eigenvalue weighted by Crippen LogP contribution is -2.38. The maximum atomic E-state index is 14.1. The molecule has 1 atom stereocenters. The number of ketones is 1. The van der Waals surface area contributed by atoms with Gasteiger partial charge in [0.15, 0.2) is 5.78 Å². The van der Waals surface area contributed by atoms with Crippen molar-refractivity contribution in [1.82, 2.24) is 9.88 Å². The van der Waals surface area contributed by atoms with Crippen molar-refractivity contribution in [3.05, 3.63) is 93.3 Å². The molecule has 0 aliphatic rings. The molecule has 3 rings (SSSR count). The topological polar surface area (TPSA) is 114 Å². The van der Waals surface area contributed by atoms with Gasteiger partial charge in [-0.2, -0.15) is 0 Å². The second-order valence-corrected chi connectivity index (χ2v) is 8.65. The van der Waals surface area contributed by atoms with Crippen molar-refractivity contribution in [3.63, 3.8) is 0 Å². The van der Waals surface area contributed by atoms with E-state index in [0.29, 0.717) is 31.1 Å². The Hall–Kier alpha value is -3.85. The van der Waals surface area contributed by atoms with E-state index < -0.39 is 35.0 Å². The molecule has 0 spiro atoms. The Bertz CT molecular complexity index is 1290. The number of pyridine rings is 1. The van der Waals surface area contributed by atoms with Gasteiger partial charge in [0.25, 0.3) is 5.56 Å². The van der Waals surface area contributed by atoms with Crippen LogP contribution in [-0.2, 0) is 11.2 Å². The molecular weight excluding hydrogens is 456 g/mol. The zero-order valence-electron chi connectivity index (χ0n) is 19.4. The lowest BCUT2D eigenvalue weighted by atomic mass is 10.0. The summed E-state index contributed by atoms with van der Waals surface area (Å²) in [6.45, 7) is 4.38. The number of carboxylic acids is 1. The lowest BCUT2D eigenvalue weighted by Gasteiger charge is -2.16. The SMILES string of the molecule is CC(C)C[C@H](NCCc1ccc(-n2c(N)c(C(=O)c3ccc(F)cc3F)ccc2=O)cc1)C(=O)O. The van der Waals surface area contributed by atoms with Crippen molar-refractivity contribution in [2.75, 3.05) is 12.3 Å². The fraction of sp³-hybridized carbons (Fsp3) is 0.269. The summed E-state index contributed by atoms with van der Waals surface area (Å²) in [5.74, 6) is -3.42. The third kappa shape index (κ3) is 6.19. The number of nitrogens with one attached hydrogen (secondary N) is 1. The predicted octanol–water partition coefficient (Wildman–Crippen LogP) is 3.56. The first kappa shape index (κ1) is 25.8. The Morgan fingerprint density at radius 1 is 1.03 bits per heavy atom. The Morgan fingerprint density at radius 2 is 1.69 bits per heavy atom. The van der Waals surface area contributed by atoms with Gasteiger partial charge in [-0.05, 0) is 61.2 Å². The minimum Gasteiger partial charge on any atom is -0.480 e. The number of hydrogen-bond acceptors (Lipinski definition) is 5. The molecule has 184 valence electrons. The molecule has 4 N–H and O–H groups in total. The van der Waals surface area contributed by atoms with Gasteiger partial charge in [-0.1, -0.05) is 26.0 Å². The van der Waals surface area contributed by atoms with Crippen molar-refractivity contribution in [2.45, 2.75) is 32.7 Å². The van der Waals surface area contributed by atoms with Crippen molar-refractivity contribution in [1.29, 1.82) is 0 Å². The fourth-order valence-corrected chi connectivity index (χ4v) is 3.78. The van der Waals surface area contributed by atoms with Gasteiger partial charge in [-0.3, -0.25) is 19.0 Å². The van der Waals surface area contributed by atoms with E-state index in [4.69, 9.17) is 5.73 Å². The molecule has 35 heavy (non-hydrogen) atoms. The van der Waals surface area contributed by atoms with E-state index in [1.165, 1.54) is 6.07 Å². The van der Waals surface area contributed by atoms with Gasteiger partial charge in [0.2, 0.25) is 0 Å². The highest BCUT2D eigenvalue weighted by Gasteiger charge is 2.20. The quantitative estimate of drug-likeness (QED) is 0.380. The van der Waals surface area contributed by atoms with Crippen molar-refractivity contribution < 1.29 is 23.5 Å². The van der Waals surface area contributed by atoms with E-state index in [1.807, 2.05) is 13.8 Å². The van der Waals surface area contributed by atoms with Gasteiger partial charge >= 0.3 is 5.97 Å². The molecule has 1 heterocycles. The fourth-order valence-electron chi connectivity index (χ4n) is 3.78. The van der Waals surface area contributed by atoms with Crippen LogP contribution in [-0.4, -0.2) is 34.0 Å². The number of anilines is 1. The summed E-state index contributed by atoms with van der Waals surface area (Å²) in [6.07, 6.45) is 1.09. The molecule has 9 heteroatoms. The van der Waals surface area contributed by atoms with Gasteiger partial charge in [0.05, 0.1) is 16.8 Å². The van der Waals surface area contributed by atoms with Gasteiger partial charge in [0.1, 0.15) is 23.5 Å². The smallest absolute Gasteiger partial charge is 0.320 e. The van der Waals surface area contributed by atoms with Crippen LogP contribution in [0.3, 0.4) is 0 Å². The first-order valence-electron chi connectivity index (χ1n) is 11.1. The molecule has 0 saturated heterocycles. The number of nitrogen functional groups attached to an aromatic ring is 1. The summed E-state index contributed by atoms with van der Waals surface area (Å²) in [7, 11) is 0. The van der Waals surface area contributed by atoms with E-state index in [0.717, 1.165) is 28.3 Å². The van der Waals surface area contributed by atoms with Crippen LogP contribution in [0.4, 0.5) is 14.6 Å². The summed E-state index contributed by atoms with van der Waals surface area (Å²) in [6, 6.07) is 11.2. The monoisotopic (exact) mass is 483 g/mol. The van der Waals surface area contributed by atoms with Crippen molar-refractivity contribution in [3.8, 4) is 5.69 Å². The van der Waals surface area contributed by atoms with Crippen LogP contribution in [0.25, 0.3) is 5.69 Å². The molecule has 0 radical (unpaired) electrons. The standard InChI is InChI=1S/C26H27F2N3O4/c1-15(2)13-22(26(34)35)30-12-11-16-3-6-18(7-4-16)31-23(32)10-9-20(25(31)29)24(33)19-8-5-17(27)14-21(19)28/h3-10,14-15,22,30H,11-13,29H2,1-2H3,(H,34,35)/t22-/m0/s1. The van der Waals surface area contributed by atoms with Gasteiger partial charge in [-0.15, -0.1) is 0 Å². The number of carbonyl (C=O) groups is 2. The van der Waals surface area contributed by atoms with Crippen LogP contribution >= 0.6 is 0 Å². The Morgan fingerprint density at radius 3 is 2.29 bits per heavy atom. The number of rotatable bonds is 10. The van der Waals surface area contributed by atoms with Crippen molar-refractivity contribution in [2.24, 2.45) is 5.92 Å². The second kappa shape index (κ2) is 11.1. The number of carboxylic acid groups (broad SMARTS) is 1. The van der Waals surface area contributed by atoms with Gasteiger partial charge in [-0.25, -0.2) is 8.78 Å². The minimum absolute atomic E-state index is 0.0896. The molecule has 0 saturated carbocycles. The average Bonchev–Trinajstić information content (AvgIpc) is 2.79. The summed E-state index contributed by atoms with van der Waals surface area (Å²) in [4.78, 5) is 36.7. The molecule has 2 aromatic carbocycles. The van der Waals surface area contributed by atoms with E-state index in [1.54, 1.807) is 24.3 Å². The van der Waals surface area contributed by atoms with Crippen LogP contribution in [0.2, 0.25) is 0 Å². The van der Waals surface area contributed by atoms with Gasteiger partial charge < -0.3 is 16.2 Å². The molecule has 0 fully saturated rings. The maximum absolute atomic E-state index is 14.1. The Balaban J connectivity index is 1.80. The first-order valence-corrected chi connectivity index (χ1v) is 11.1. The van der Waals surface area contributed by atoms with Crippen LogP contribution in [0.1, 0.15) is 41.8 Å². The second-order valence-electron chi connectivity index (χ2n) is 8.65. The van der Waals surface area contributed by atoms with Crippen LogP contribution in [0.5, 0.6) is 0 Å². The predicted molar refractivity (Wildman–Crippen MR) is 129 cm³/mol. The molecule has 3 aromatic rings. The number of nitrogens with zero attached hydrogens (tertiary/aromatic N) is 1. The number of hydrogen-bond donors (Lipinski definition) is 3. The Labute approximate surface area is 201 Å². The van der Waals surface area contributed by atoms with Gasteiger partial charge in [0, 0.05) is 12.1 Å². The van der Waals surface area contributed by atoms with Crippen LogP contribution in [0.15, 0.2) is 59.4 Å². The van der Waals surface area contributed by atoms with E-state index >= 15 is 0 Å². The molecule has 1 aromatic heterocycles. The highest BCUT2D eigenvalue weighted by atomic mass is 19.1. The zero-order valence-corrected chi connectivity index (χ0v) is 19.4. The number of carbonyl (C=O) groups excluding carboxylic acids is 1. The number of nitrogens with two attached hydrogens (primary N) is 1. The zero-order chi connectivity index (χ0) is 25.7. The van der Waals surface area contributed by atoms with E-state index in [-0.39, 0.29) is 22.9 Å². The molecule has 0 bridgehead atoms. The largest absolute Gasteiger partial charge is 0.480 e. The van der Waals surface area contributed by atoms with E-state index in [2.05, 4.69) is 5.32 Å². The number of aliphatic carboxylic acids is 1. The minimum atomic E-state index is -1.02. The third-order valence-corrected chi connectivity index (χ3v) is 5.55. The van der Waals surface area contributed by atoms with Crippen molar-refractivity contribution >= 4 is 17.6 Å². The summed E-state index contributed by atoms with van der Waals surface area (Å²) in [5, 5.41) is 12.4. The van der Waals surface area contributed by atoms with E-state index in [9.17, 15) is 28.3 Å². The first-order chi connectivity index (χ1) is 16.6. The highest BCUT2D eigenvalue weighted by Crippen LogP contribution is 2.21. The summed E-state index contributed by atoms with van der Waals surface area (Å²) >= 11 is 0. The normalized spacial score (nSPS) is 12.0. The number of aromatic nitrogens is 1. The molecular formula is C26H27F2N3O4.